The molecular formula is C20H17BrN2O6. The van der Waals surface area contributed by atoms with E-state index in [9.17, 15) is 14.4 Å². The summed E-state index contributed by atoms with van der Waals surface area (Å²) in [5, 5.41) is 5.47. The summed E-state index contributed by atoms with van der Waals surface area (Å²) in [6, 6.07) is 11.8. The average molecular weight is 461 g/mol. The van der Waals surface area contributed by atoms with Crippen LogP contribution in [0.3, 0.4) is 0 Å². The molecule has 0 aliphatic carbocycles. The van der Waals surface area contributed by atoms with Gasteiger partial charge < -0.3 is 14.2 Å². The summed E-state index contributed by atoms with van der Waals surface area (Å²) < 4.78 is 17.0. The van der Waals surface area contributed by atoms with E-state index in [1.807, 2.05) is 18.2 Å². The SMILES string of the molecule is CC(=O)Oc1ccc(C2OC(c3cccc(Br)c3)=NN2C(C)=O)cc1OC(C)=O. The molecule has 1 amide bonds. The number of amides is 1. The molecular weight excluding hydrogens is 444 g/mol. The van der Waals surface area contributed by atoms with Crippen molar-refractivity contribution in [2.45, 2.75) is 27.0 Å². The molecule has 0 aromatic heterocycles. The van der Waals surface area contributed by atoms with Crippen molar-refractivity contribution in [3.8, 4) is 11.5 Å². The van der Waals surface area contributed by atoms with Crippen molar-refractivity contribution >= 4 is 39.7 Å². The second kappa shape index (κ2) is 8.44. The van der Waals surface area contributed by atoms with E-state index < -0.39 is 18.2 Å². The molecule has 1 unspecified atom stereocenters. The van der Waals surface area contributed by atoms with E-state index in [1.54, 1.807) is 12.1 Å². The number of hydrogen-bond acceptors (Lipinski definition) is 7. The quantitative estimate of drug-likeness (QED) is 0.511. The van der Waals surface area contributed by atoms with Gasteiger partial charge in [-0.25, -0.2) is 0 Å². The lowest BCUT2D eigenvalue weighted by Gasteiger charge is -2.20. The number of carbonyl (C=O) groups excluding carboxylic acids is 3. The lowest BCUT2D eigenvalue weighted by Crippen LogP contribution is -2.25. The number of rotatable bonds is 4. The average Bonchev–Trinajstić information content (AvgIpc) is 3.08. The highest BCUT2D eigenvalue weighted by molar-refractivity contribution is 9.10. The van der Waals surface area contributed by atoms with Crippen molar-refractivity contribution in [1.29, 1.82) is 0 Å². The number of hydrazone groups is 1. The first-order valence-electron chi connectivity index (χ1n) is 8.56. The first-order valence-corrected chi connectivity index (χ1v) is 9.35. The molecule has 8 nitrogen and oxygen atoms in total. The van der Waals surface area contributed by atoms with Gasteiger partial charge >= 0.3 is 11.9 Å². The van der Waals surface area contributed by atoms with Crippen LogP contribution in [0.5, 0.6) is 11.5 Å². The van der Waals surface area contributed by atoms with Crippen molar-refractivity contribution in [1.82, 2.24) is 5.01 Å². The highest BCUT2D eigenvalue weighted by Crippen LogP contribution is 2.36. The van der Waals surface area contributed by atoms with E-state index in [2.05, 4.69) is 21.0 Å². The maximum atomic E-state index is 12.1. The van der Waals surface area contributed by atoms with Crippen LogP contribution in [0.25, 0.3) is 0 Å². The summed E-state index contributed by atoms with van der Waals surface area (Å²) >= 11 is 3.39. The fourth-order valence-electron chi connectivity index (χ4n) is 2.67. The highest BCUT2D eigenvalue weighted by atomic mass is 79.9. The summed E-state index contributed by atoms with van der Waals surface area (Å²) in [6.45, 7) is 3.83. The Labute approximate surface area is 175 Å². The third-order valence-corrected chi connectivity index (χ3v) is 4.29. The second-order valence-corrected chi connectivity index (χ2v) is 7.06. The smallest absolute Gasteiger partial charge is 0.308 e. The van der Waals surface area contributed by atoms with E-state index in [1.165, 1.54) is 37.9 Å². The molecule has 0 saturated heterocycles. The summed E-state index contributed by atoms with van der Waals surface area (Å²) in [5.41, 5.74) is 1.17. The lowest BCUT2D eigenvalue weighted by molar-refractivity contribution is -0.135. The number of benzene rings is 2. The van der Waals surface area contributed by atoms with Crippen LogP contribution in [-0.4, -0.2) is 28.8 Å². The zero-order chi connectivity index (χ0) is 21.1. The van der Waals surface area contributed by atoms with E-state index in [0.717, 1.165) is 4.47 Å². The Morgan fingerprint density at radius 3 is 2.31 bits per heavy atom. The molecule has 0 spiro atoms. The molecule has 0 saturated carbocycles. The Morgan fingerprint density at radius 1 is 1.00 bits per heavy atom. The van der Waals surface area contributed by atoms with Gasteiger partial charge in [0, 0.05) is 36.4 Å². The lowest BCUT2D eigenvalue weighted by atomic mass is 10.1. The van der Waals surface area contributed by atoms with Crippen LogP contribution in [0.4, 0.5) is 0 Å². The highest BCUT2D eigenvalue weighted by Gasteiger charge is 2.34. The molecule has 9 heteroatoms. The van der Waals surface area contributed by atoms with Crippen molar-refractivity contribution < 1.29 is 28.6 Å². The van der Waals surface area contributed by atoms with Gasteiger partial charge in [-0.3, -0.25) is 14.4 Å². The van der Waals surface area contributed by atoms with Gasteiger partial charge in [-0.1, -0.05) is 22.0 Å². The van der Waals surface area contributed by atoms with E-state index in [-0.39, 0.29) is 23.3 Å². The van der Waals surface area contributed by atoms with Crippen LogP contribution in [0.15, 0.2) is 52.0 Å². The monoisotopic (exact) mass is 460 g/mol. The number of carbonyl (C=O) groups is 3. The van der Waals surface area contributed by atoms with E-state index >= 15 is 0 Å². The zero-order valence-corrected chi connectivity index (χ0v) is 17.4. The molecule has 1 aliphatic heterocycles. The van der Waals surface area contributed by atoms with Gasteiger partial charge in [0.05, 0.1) is 0 Å². The molecule has 1 aliphatic rings. The maximum Gasteiger partial charge on any atom is 0.308 e. The van der Waals surface area contributed by atoms with Gasteiger partial charge in [0.1, 0.15) is 0 Å². The summed E-state index contributed by atoms with van der Waals surface area (Å²) in [5.74, 6) is -1.10. The predicted molar refractivity (Wildman–Crippen MR) is 106 cm³/mol. The van der Waals surface area contributed by atoms with Gasteiger partial charge in [0.2, 0.25) is 18.0 Å². The number of ether oxygens (including phenoxy) is 3. The predicted octanol–water partition coefficient (Wildman–Crippen LogP) is 3.54. The maximum absolute atomic E-state index is 12.1. The third-order valence-electron chi connectivity index (χ3n) is 3.80. The van der Waals surface area contributed by atoms with Crippen LogP contribution in [0.1, 0.15) is 38.1 Å². The second-order valence-electron chi connectivity index (χ2n) is 6.14. The molecule has 0 fully saturated rings. The molecule has 3 rings (SSSR count). The van der Waals surface area contributed by atoms with Gasteiger partial charge in [-0.05, 0) is 36.4 Å². The van der Waals surface area contributed by atoms with Crippen LogP contribution >= 0.6 is 15.9 Å². The van der Waals surface area contributed by atoms with Crippen LogP contribution in [0, 0.1) is 0 Å². The van der Waals surface area contributed by atoms with Crippen LogP contribution in [0.2, 0.25) is 0 Å². The molecule has 0 radical (unpaired) electrons. The van der Waals surface area contributed by atoms with Crippen LogP contribution in [-0.2, 0) is 19.1 Å². The minimum absolute atomic E-state index is 0.0354. The van der Waals surface area contributed by atoms with E-state index in [4.69, 9.17) is 14.2 Å². The van der Waals surface area contributed by atoms with Crippen molar-refractivity contribution in [3.63, 3.8) is 0 Å². The Kier molecular flexibility index (Phi) is 5.97. The van der Waals surface area contributed by atoms with Crippen molar-refractivity contribution in [3.05, 3.63) is 58.1 Å². The first-order chi connectivity index (χ1) is 13.7. The first kappa shape index (κ1) is 20.5. The fraction of sp³-hybridized carbons (Fsp3) is 0.200. The summed E-state index contributed by atoms with van der Waals surface area (Å²) in [4.78, 5) is 34.9. The van der Waals surface area contributed by atoms with Crippen molar-refractivity contribution in [2.75, 3.05) is 0 Å². The minimum Gasteiger partial charge on any atom is -0.446 e. The minimum atomic E-state index is -0.873. The normalized spacial score (nSPS) is 15.4. The number of esters is 2. The fourth-order valence-corrected chi connectivity index (χ4v) is 3.07. The largest absolute Gasteiger partial charge is 0.446 e. The molecule has 2 aromatic rings. The van der Waals surface area contributed by atoms with Gasteiger partial charge in [-0.15, -0.1) is 5.10 Å². The molecule has 2 aromatic carbocycles. The number of nitrogens with zero attached hydrogens (tertiary/aromatic N) is 2. The van der Waals surface area contributed by atoms with E-state index in [0.29, 0.717) is 11.1 Å². The zero-order valence-electron chi connectivity index (χ0n) is 15.8. The number of halogens is 1. The van der Waals surface area contributed by atoms with Gasteiger partial charge in [-0.2, -0.15) is 5.01 Å². The standard InChI is InChI=1S/C20H17BrN2O6/c1-11(24)23-20(29-19(22-23)14-5-4-6-16(21)9-14)15-7-8-17(27-12(2)25)18(10-15)28-13(3)26/h4-10,20H,1-3H3. The Bertz CT molecular complexity index is 1020. The van der Waals surface area contributed by atoms with Gasteiger partial charge in [0.25, 0.3) is 0 Å². The summed E-state index contributed by atoms with van der Waals surface area (Å²) in [6.07, 6.45) is -0.873. The molecule has 1 atom stereocenters. The van der Waals surface area contributed by atoms with Crippen molar-refractivity contribution in [2.24, 2.45) is 5.10 Å². The topological polar surface area (TPSA) is 94.5 Å². The Hall–Kier alpha value is -3.20. The molecule has 0 N–H and O–H groups in total. The third kappa shape index (κ3) is 4.80. The summed E-state index contributed by atoms with van der Waals surface area (Å²) in [7, 11) is 0. The molecule has 0 bridgehead atoms. The Balaban J connectivity index is 1.97. The van der Waals surface area contributed by atoms with Gasteiger partial charge in [0.15, 0.2) is 11.5 Å². The number of hydrogen-bond donors (Lipinski definition) is 0. The Morgan fingerprint density at radius 2 is 1.69 bits per heavy atom. The van der Waals surface area contributed by atoms with Crippen LogP contribution < -0.4 is 9.47 Å². The molecule has 150 valence electrons. The molecule has 29 heavy (non-hydrogen) atoms. The molecule has 1 heterocycles.